The molecule has 8 aromatic rings. The number of ether oxygens (including phenoxy) is 2. The van der Waals surface area contributed by atoms with Crippen LogP contribution in [0.3, 0.4) is 0 Å². The van der Waals surface area contributed by atoms with Gasteiger partial charge in [0, 0.05) is 39.0 Å². The topological polar surface area (TPSA) is 49.2 Å². The number of para-hydroxylation sites is 2. The van der Waals surface area contributed by atoms with Gasteiger partial charge in [-0.2, -0.15) is 0 Å². The summed E-state index contributed by atoms with van der Waals surface area (Å²) in [5.74, 6) is 3.67. The number of hydrogen-bond acceptors (Lipinski definition) is 4. The number of hydrogen-bond donors (Lipinski definition) is 0. The zero-order valence-electron chi connectivity index (χ0n) is 30.1. The van der Waals surface area contributed by atoms with Crippen LogP contribution in [-0.4, -0.2) is 14.5 Å². The molecule has 5 nitrogen and oxygen atoms in total. The van der Waals surface area contributed by atoms with E-state index in [1.807, 2.05) is 60.7 Å². The van der Waals surface area contributed by atoms with Crippen LogP contribution in [0.5, 0.6) is 23.0 Å². The van der Waals surface area contributed by atoms with Crippen LogP contribution < -0.4 is 9.47 Å². The first-order valence-electron chi connectivity index (χ1n) is 19.0. The summed E-state index contributed by atoms with van der Waals surface area (Å²) < 4.78 is 15.6. The zero-order chi connectivity index (χ0) is 36.3. The maximum Gasteiger partial charge on any atom is 0.194 e. The molecule has 0 unspecified atom stereocenters. The van der Waals surface area contributed by atoms with E-state index >= 15 is 0 Å². The Kier molecular flexibility index (Phi) is 7.37. The van der Waals surface area contributed by atoms with Crippen LogP contribution in [0.4, 0.5) is 0 Å². The first-order valence-corrected chi connectivity index (χ1v) is 19.0. The summed E-state index contributed by atoms with van der Waals surface area (Å²) in [6.45, 7) is 0. The molecule has 0 amide bonds. The van der Waals surface area contributed by atoms with Crippen LogP contribution in [0, 0.1) is 0 Å². The van der Waals surface area contributed by atoms with Crippen molar-refractivity contribution < 1.29 is 9.47 Å². The molecular weight excluding hydrogens is 675 g/mol. The fraction of sp³-hybridized carbons (Fsp3) is 0.0800. The van der Waals surface area contributed by atoms with Gasteiger partial charge in [-0.1, -0.05) is 115 Å². The minimum Gasteiger partial charge on any atom is -0.449 e. The Morgan fingerprint density at radius 2 is 1.18 bits per heavy atom. The summed E-state index contributed by atoms with van der Waals surface area (Å²) in [5, 5.41) is 1.21. The smallest absolute Gasteiger partial charge is 0.194 e. The first-order chi connectivity index (χ1) is 27.2. The molecule has 0 saturated carbocycles. The summed E-state index contributed by atoms with van der Waals surface area (Å²) in [7, 11) is 0. The van der Waals surface area contributed by atoms with E-state index in [4.69, 9.17) is 19.4 Å². The van der Waals surface area contributed by atoms with Crippen LogP contribution in [0.2, 0.25) is 0 Å². The number of allylic oxidation sites excluding steroid dienone is 4. The van der Waals surface area contributed by atoms with Gasteiger partial charge in [-0.3, -0.25) is 0 Å². The van der Waals surface area contributed by atoms with Crippen molar-refractivity contribution in [1.82, 2.24) is 14.5 Å². The van der Waals surface area contributed by atoms with E-state index in [9.17, 15) is 0 Å². The highest BCUT2D eigenvalue weighted by Gasteiger charge is 2.32. The van der Waals surface area contributed by atoms with Crippen LogP contribution in [0.1, 0.15) is 30.5 Å². The highest BCUT2D eigenvalue weighted by molar-refractivity contribution is 6.02. The van der Waals surface area contributed by atoms with Gasteiger partial charge in [0.05, 0.1) is 11.4 Å². The molecule has 0 fully saturated rings. The molecule has 5 heteroatoms. The summed E-state index contributed by atoms with van der Waals surface area (Å²) in [6, 6.07) is 52.4. The Bertz CT molecular complexity index is 2810. The van der Waals surface area contributed by atoms with Crippen molar-refractivity contribution in [2.24, 2.45) is 0 Å². The van der Waals surface area contributed by atoms with Gasteiger partial charge in [-0.05, 0) is 96.5 Å². The second-order valence-electron chi connectivity index (χ2n) is 14.4. The third-order valence-electron chi connectivity index (χ3n) is 11.1. The third kappa shape index (κ3) is 5.39. The highest BCUT2D eigenvalue weighted by atomic mass is 16.6. The van der Waals surface area contributed by atoms with Gasteiger partial charge in [0.25, 0.3) is 0 Å². The Balaban J connectivity index is 1.06. The Hall–Kier alpha value is -6.98. The largest absolute Gasteiger partial charge is 0.449 e. The van der Waals surface area contributed by atoms with Gasteiger partial charge < -0.3 is 14.0 Å². The van der Waals surface area contributed by atoms with Gasteiger partial charge in [-0.15, -0.1) is 0 Å². The van der Waals surface area contributed by atoms with Crippen LogP contribution in [-0.2, 0) is 6.42 Å². The van der Waals surface area contributed by atoms with E-state index < -0.39 is 0 Å². The zero-order valence-corrected chi connectivity index (χ0v) is 30.1. The number of rotatable bonds is 5. The molecule has 3 heterocycles. The second kappa shape index (κ2) is 12.9. The lowest BCUT2D eigenvalue weighted by atomic mass is 9.83. The normalized spacial score (nSPS) is 14.0. The minimum absolute atomic E-state index is 0.706. The van der Waals surface area contributed by atoms with Gasteiger partial charge in [0.1, 0.15) is 5.52 Å². The monoisotopic (exact) mass is 709 g/mol. The third-order valence-corrected chi connectivity index (χ3v) is 11.1. The fourth-order valence-electron chi connectivity index (χ4n) is 8.50. The fourth-order valence-corrected chi connectivity index (χ4v) is 8.50. The molecular formula is C50H35N3O2. The molecule has 0 N–H and O–H groups in total. The van der Waals surface area contributed by atoms with E-state index in [1.54, 1.807) is 0 Å². The minimum atomic E-state index is 0.706. The molecule has 55 heavy (non-hydrogen) atoms. The number of fused-ring (bicyclic) bond motifs is 7. The van der Waals surface area contributed by atoms with Gasteiger partial charge >= 0.3 is 0 Å². The van der Waals surface area contributed by atoms with Gasteiger partial charge in [-0.25, -0.2) is 9.97 Å². The quantitative estimate of drug-likeness (QED) is 0.178. The molecule has 0 spiro atoms. The van der Waals surface area contributed by atoms with Gasteiger partial charge in [0.2, 0.25) is 0 Å². The number of aromatic nitrogens is 3. The van der Waals surface area contributed by atoms with Crippen LogP contribution >= 0.6 is 0 Å². The molecule has 0 saturated heterocycles. The lowest BCUT2D eigenvalue weighted by Crippen LogP contribution is -2.09. The Morgan fingerprint density at radius 1 is 0.509 bits per heavy atom. The van der Waals surface area contributed by atoms with E-state index in [0.717, 1.165) is 99.1 Å². The van der Waals surface area contributed by atoms with Crippen LogP contribution in [0.25, 0.3) is 67.2 Å². The van der Waals surface area contributed by atoms with E-state index in [2.05, 4.69) is 108 Å². The van der Waals surface area contributed by atoms with E-state index in [0.29, 0.717) is 5.82 Å². The lowest BCUT2D eigenvalue weighted by molar-refractivity contribution is 0.362. The molecule has 0 atom stereocenters. The van der Waals surface area contributed by atoms with E-state index in [1.165, 1.54) is 27.8 Å². The average Bonchev–Trinajstić information content (AvgIpc) is 3.62. The number of nitrogens with zero attached hydrogens (tertiary/aromatic N) is 3. The standard InChI is InChI=1S/C50H35N3O2/c1-3-14-33(15-4-1)41-31-42(52-50(51-41)34-16-5-2-6-17-34)37-20-11-18-35(29-37)36-19-12-21-38(30-36)53-43-27-25-32-13-7-8-22-39(32)47(43)40-26-28-46-49(48(40)53)55-45-24-10-9-23-44(45)54-46/h1-7,9-21,23-24,26,28-31H,8,22,25,27H2. The van der Waals surface area contributed by atoms with Crippen molar-refractivity contribution in [2.75, 3.05) is 0 Å². The molecule has 11 rings (SSSR count). The molecule has 0 bridgehead atoms. The Morgan fingerprint density at radius 3 is 2.00 bits per heavy atom. The van der Waals surface area contributed by atoms with E-state index in [-0.39, 0.29) is 0 Å². The van der Waals surface area contributed by atoms with Crippen molar-refractivity contribution in [2.45, 2.75) is 25.7 Å². The maximum atomic E-state index is 6.74. The van der Waals surface area contributed by atoms with Crippen molar-refractivity contribution in [1.29, 1.82) is 0 Å². The molecule has 1 aliphatic heterocycles. The maximum absolute atomic E-state index is 6.74. The molecule has 2 aromatic heterocycles. The predicted molar refractivity (Wildman–Crippen MR) is 221 cm³/mol. The molecule has 2 aliphatic carbocycles. The SMILES string of the molecule is C1=CC2=C(CC1)c1c(n(-c3cccc(-c4cccc(-c5cc(-c6ccccc6)nc(-c6ccccc6)n5)c4)c3)c3c4c(ccc13)Oc1ccccc1O4)CC2. The molecule has 3 aliphatic rings. The summed E-state index contributed by atoms with van der Waals surface area (Å²) in [6.07, 6.45) is 8.73. The molecule has 6 aromatic carbocycles. The van der Waals surface area contributed by atoms with Crippen molar-refractivity contribution >= 4 is 16.5 Å². The Labute approximate surface area is 319 Å². The van der Waals surface area contributed by atoms with Crippen molar-refractivity contribution in [3.05, 3.63) is 181 Å². The van der Waals surface area contributed by atoms with Crippen LogP contribution in [0.15, 0.2) is 169 Å². The average molecular weight is 710 g/mol. The summed E-state index contributed by atoms with van der Waals surface area (Å²) >= 11 is 0. The van der Waals surface area contributed by atoms with Crippen molar-refractivity contribution in [3.63, 3.8) is 0 Å². The highest BCUT2D eigenvalue weighted by Crippen LogP contribution is 2.53. The number of benzene rings is 6. The molecule has 0 radical (unpaired) electrons. The van der Waals surface area contributed by atoms with Gasteiger partial charge in [0.15, 0.2) is 28.8 Å². The second-order valence-corrected chi connectivity index (χ2v) is 14.4. The first kappa shape index (κ1) is 31.5. The summed E-state index contributed by atoms with van der Waals surface area (Å²) in [5.41, 5.74) is 14.8. The molecule has 262 valence electrons. The summed E-state index contributed by atoms with van der Waals surface area (Å²) in [4.78, 5) is 10.1. The predicted octanol–water partition coefficient (Wildman–Crippen LogP) is 13.0. The van der Waals surface area contributed by atoms with Crippen molar-refractivity contribution in [3.8, 4) is 73.7 Å². The lowest BCUT2D eigenvalue weighted by Gasteiger charge is -2.24.